The van der Waals surface area contributed by atoms with Crippen molar-refractivity contribution in [3.05, 3.63) is 95.8 Å². The van der Waals surface area contributed by atoms with Crippen molar-refractivity contribution in [1.82, 2.24) is 4.98 Å². The summed E-state index contributed by atoms with van der Waals surface area (Å²) >= 11 is 9.12. The van der Waals surface area contributed by atoms with Gasteiger partial charge in [-0.15, -0.1) is 0 Å². The molecule has 9 nitrogen and oxygen atoms in total. The molecule has 1 saturated heterocycles. The van der Waals surface area contributed by atoms with E-state index < -0.39 is 17.1 Å². The third-order valence-corrected chi connectivity index (χ3v) is 10.4. The summed E-state index contributed by atoms with van der Waals surface area (Å²) in [6.45, 7) is -0.301. The number of thioether (sulfide) groups is 1. The van der Waals surface area contributed by atoms with E-state index in [1.54, 1.807) is 67.8 Å². The van der Waals surface area contributed by atoms with Gasteiger partial charge in [0.15, 0.2) is 6.61 Å². The number of rotatable bonds is 7. The van der Waals surface area contributed by atoms with Crippen LogP contribution in [0.2, 0.25) is 0 Å². The standard InChI is InChI=1S/C29H21Br2N3O6S2/c1-39-18-9-5-16(6-10-18)32-21(35)13-40-20-11-4-15(31)12-19(20)22-23-25(41-26-24(22)42-29(38)33-26)28(37)34(27(23)36)17-7-2-14(30)3-8-17/h2-12,22-23,25H,13H2,1H3,(H,32,35)(H,33,38)/t22-,23-,25+/m0/s1. The number of hydrogen-bond acceptors (Lipinski definition) is 8. The molecule has 42 heavy (non-hydrogen) atoms. The molecule has 2 aliphatic rings. The Labute approximate surface area is 264 Å². The van der Waals surface area contributed by atoms with Gasteiger partial charge in [-0.3, -0.25) is 19.2 Å². The van der Waals surface area contributed by atoms with Gasteiger partial charge in [-0.25, -0.2) is 4.90 Å². The molecule has 1 fully saturated rings. The molecule has 3 aromatic carbocycles. The lowest BCUT2D eigenvalue weighted by atomic mass is 9.82. The van der Waals surface area contributed by atoms with E-state index in [0.717, 1.165) is 15.8 Å². The number of anilines is 2. The number of ether oxygens (including phenoxy) is 2. The highest BCUT2D eigenvalue weighted by atomic mass is 79.9. The first-order valence-electron chi connectivity index (χ1n) is 12.6. The van der Waals surface area contributed by atoms with E-state index in [0.29, 0.717) is 42.8 Å². The number of aromatic nitrogens is 1. The molecule has 6 rings (SSSR count). The molecule has 1 aromatic heterocycles. The van der Waals surface area contributed by atoms with Crippen LogP contribution >= 0.6 is 55.0 Å². The Balaban J connectivity index is 1.34. The smallest absolute Gasteiger partial charge is 0.305 e. The van der Waals surface area contributed by atoms with Crippen LogP contribution in [0.5, 0.6) is 11.5 Å². The number of nitrogens with zero attached hydrogens (tertiary/aromatic N) is 1. The lowest BCUT2D eigenvalue weighted by molar-refractivity contribution is -0.122. The zero-order chi connectivity index (χ0) is 29.5. The zero-order valence-electron chi connectivity index (χ0n) is 21.8. The van der Waals surface area contributed by atoms with Crippen molar-refractivity contribution in [2.24, 2.45) is 5.92 Å². The van der Waals surface area contributed by atoms with Gasteiger partial charge in [0.05, 0.1) is 23.7 Å². The Bertz CT molecular complexity index is 1760. The van der Waals surface area contributed by atoms with E-state index in [-0.39, 0.29) is 29.2 Å². The Kier molecular flexibility index (Phi) is 8.01. The average molecular weight is 731 g/mol. The number of benzene rings is 3. The number of halogens is 2. The highest BCUT2D eigenvalue weighted by molar-refractivity contribution is 9.10. The summed E-state index contributed by atoms with van der Waals surface area (Å²) in [4.78, 5) is 57.4. The highest BCUT2D eigenvalue weighted by Gasteiger charge is 2.56. The molecule has 214 valence electrons. The van der Waals surface area contributed by atoms with Gasteiger partial charge in [0.25, 0.3) is 5.91 Å². The summed E-state index contributed by atoms with van der Waals surface area (Å²) in [6.07, 6.45) is 0. The van der Waals surface area contributed by atoms with Crippen molar-refractivity contribution in [2.75, 3.05) is 23.9 Å². The summed E-state index contributed by atoms with van der Waals surface area (Å²) in [5.74, 6) is -1.52. The van der Waals surface area contributed by atoms with E-state index in [2.05, 4.69) is 42.2 Å². The fourth-order valence-electron chi connectivity index (χ4n) is 5.11. The maximum absolute atomic E-state index is 14.0. The molecular formula is C29H21Br2N3O6S2. The zero-order valence-corrected chi connectivity index (χ0v) is 26.6. The molecule has 2 N–H and O–H groups in total. The summed E-state index contributed by atoms with van der Waals surface area (Å²) in [7, 11) is 1.56. The SMILES string of the molecule is COc1ccc(NC(=O)COc2ccc(Br)cc2[C@@H]2c3sc(=O)[nH]c3S[C@H]3C(=O)N(c4ccc(Br)cc4)C(=O)[C@@H]23)cc1. The number of carbonyl (C=O) groups excluding carboxylic acids is 3. The molecule has 3 amide bonds. The van der Waals surface area contributed by atoms with Gasteiger partial charge in [-0.1, -0.05) is 55.0 Å². The predicted molar refractivity (Wildman–Crippen MR) is 168 cm³/mol. The minimum atomic E-state index is -0.796. The molecule has 13 heteroatoms. The molecule has 0 unspecified atom stereocenters. The first-order chi connectivity index (χ1) is 20.2. The van der Waals surface area contributed by atoms with Gasteiger partial charge >= 0.3 is 4.87 Å². The number of hydrogen-bond donors (Lipinski definition) is 2. The molecule has 0 radical (unpaired) electrons. The lowest BCUT2D eigenvalue weighted by Gasteiger charge is -2.31. The molecule has 0 spiro atoms. The van der Waals surface area contributed by atoms with Crippen LogP contribution in [0.1, 0.15) is 16.4 Å². The molecular weight excluding hydrogens is 710 g/mol. The first kappa shape index (κ1) is 28.7. The van der Waals surface area contributed by atoms with Crippen molar-refractivity contribution >= 4 is 84.1 Å². The highest BCUT2D eigenvalue weighted by Crippen LogP contribution is 2.54. The second-order valence-electron chi connectivity index (χ2n) is 9.49. The quantitative estimate of drug-likeness (QED) is 0.232. The molecule has 3 heterocycles. The van der Waals surface area contributed by atoms with E-state index in [1.807, 2.05) is 6.07 Å². The Hall–Kier alpha value is -3.39. The molecule has 3 atom stereocenters. The van der Waals surface area contributed by atoms with E-state index in [1.165, 1.54) is 16.7 Å². The van der Waals surface area contributed by atoms with Gasteiger partial charge in [-0.2, -0.15) is 0 Å². The maximum Gasteiger partial charge on any atom is 0.305 e. The van der Waals surface area contributed by atoms with Gasteiger partial charge in [-0.05, 0) is 66.7 Å². The number of imide groups is 1. The van der Waals surface area contributed by atoms with Crippen LogP contribution in [0.25, 0.3) is 0 Å². The lowest BCUT2D eigenvalue weighted by Crippen LogP contribution is -2.32. The van der Waals surface area contributed by atoms with Crippen LogP contribution in [0, 0.1) is 5.92 Å². The minimum absolute atomic E-state index is 0.279. The van der Waals surface area contributed by atoms with Crippen molar-refractivity contribution in [1.29, 1.82) is 0 Å². The van der Waals surface area contributed by atoms with Crippen molar-refractivity contribution in [3.8, 4) is 11.5 Å². The number of nitrogens with one attached hydrogen (secondary N) is 2. The maximum atomic E-state index is 14.0. The van der Waals surface area contributed by atoms with Crippen molar-refractivity contribution in [2.45, 2.75) is 16.2 Å². The van der Waals surface area contributed by atoms with Gasteiger partial charge in [0.1, 0.15) is 16.7 Å². The van der Waals surface area contributed by atoms with Crippen LogP contribution in [-0.4, -0.2) is 41.7 Å². The second-order valence-corrected chi connectivity index (χ2v) is 13.5. The van der Waals surface area contributed by atoms with Crippen LogP contribution in [0.3, 0.4) is 0 Å². The van der Waals surface area contributed by atoms with Crippen molar-refractivity contribution in [3.63, 3.8) is 0 Å². The molecule has 2 aliphatic heterocycles. The monoisotopic (exact) mass is 729 g/mol. The molecule has 4 aromatic rings. The van der Waals surface area contributed by atoms with Gasteiger partial charge in [0.2, 0.25) is 11.8 Å². The van der Waals surface area contributed by atoms with E-state index in [4.69, 9.17) is 9.47 Å². The number of fused-ring (bicyclic) bond motifs is 2. The Morgan fingerprint density at radius 1 is 0.976 bits per heavy atom. The van der Waals surface area contributed by atoms with Crippen LogP contribution in [0.15, 0.2) is 85.5 Å². The predicted octanol–water partition coefficient (Wildman–Crippen LogP) is 5.78. The van der Waals surface area contributed by atoms with Crippen LogP contribution in [-0.2, 0) is 14.4 Å². The fraction of sp³-hybridized carbons (Fsp3) is 0.172. The number of amides is 3. The summed E-state index contributed by atoms with van der Waals surface area (Å²) in [6, 6.07) is 19.2. The van der Waals surface area contributed by atoms with Gasteiger partial charge in [0, 0.05) is 31.0 Å². The summed E-state index contributed by atoms with van der Waals surface area (Å²) in [5, 5.41) is 2.58. The summed E-state index contributed by atoms with van der Waals surface area (Å²) < 4.78 is 12.7. The molecule has 0 saturated carbocycles. The number of aromatic amines is 1. The van der Waals surface area contributed by atoms with Crippen LogP contribution in [0.4, 0.5) is 11.4 Å². The largest absolute Gasteiger partial charge is 0.497 e. The number of H-pyrrole nitrogens is 1. The second kappa shape index (κ2) is 11.7. The Morgan fingerprint density at radius 3 is 2.40 bits per heavy atom. The number of thiazole rings is 1. The van der Waals surface area contributed by atoms with Gasteiger partial charge < -0.3 is 19.8 Å². The average Bonchev–Trinajstić information content (AvgIpc) is 3.47. The topological polar surface area (TPSA) is 118 Å². The van der Waals surface area contributed by atoms with E-state index in [9.17, 15) is 19.2 Å². The third kappa shape index (κ3) is 5.41. The van der Waals surface area contributed by atoms with E-state index >= 15 is 0 Å². The number of carbonyl (C=O) groups is 3. The third-order valence-electron chi connectivity index (χ3n) is 6.95. The fourth-order valence-corrected chi connectivity index (χ4v) is 8.25. The van der Waals surface area contributed by atoms with Crippen molar-refractivity contribution < 1.29 is 23.9 Å². The number of methoxy groups -OCH3 is 1. The minimum Gasteiger partial charge on any atom is -0.497 e. The molecule has 0 bridgehead atoms. The Morgan fingerprint density at radius 2 is 1.69 bits per heavy atom. The van der Waals surface area contributed by atoms with Crippen LogP contribution < -0.4 is 24.6 Å². The normalized spacial score (nSPS) is 19.3. The summed E-state index contributed by atoms with van der Waals surface area (Å²) in [5.41, 5.74) is 1.64. The first-order valence-corrected chi connectivity index (χ1v) is 15.9. The molecule has 0 aliphatic carbocycles.